The van der Waals surface area contributed by atoms with Gasteiger partial charge in [-0.25, -0.2) is 15.3 Å². The smallest absolute Gasteiger partial charge is 0.264 e. The molecule has 0 aromatic rings. The third-order valence-corrected chi connectivity index (χ3v) is 0.0816. The van der Waals surface area contributed by atoms with E-state index < -0.39 is 15.4 Å². The average molecular weight is 176 g/mol. The van der Waals surface area contributed by atoms with Crippen molar-refractivity contribution in [3.05, 3.63) is 10.1 Å². The summed E-state index contributed by atoms with van der Waals surface area (Å²) in [6.07, 6.45) is 0. The summed E-state index contributed by atoms with van der Waals surface area (Å²) in [5, 5.41) is 14.9. The van der Waals surface area contributed by atoms with Gasteiger partial charge >= 0.3 is 10.4 Å². The molecule has 4 N–H and O–H groups in total. The first-order chi connectivity index (χ1) is 4.27. The standard InChI is InChI=1S/H2N2O3.H2O4S/c3-1-2(4)5;1-5(2,3)4/h1,3H;(H2,1,2,3,4). The molecule has 9 nitrogen and oxygen atoms in total. The predicted molar refractivity (Wildman–Crippen MR) is 26.1 cm³/mol. The molecule has 0 heterocycles. The van der Waals surface area contributed by atoms with Gasteiger partial charge in [0.25, 0.3) is 0 Å². The zero-order valence-electron chi connectivity index (χ0n) is 4.33. The van der Waals surface area contributed by atoms with Crippen LogP contribution in [0.4, 0.5) is 0 Å². The first-order valence-corrected chi connectivity index (χ1v) is 2.91. The topological polar surface area (TPSA) is 150 Å². The monoisotopic (exact) mass is 176 g/mol. The van der Waals surface area contributed by atoms with Crippen LogP contribution in [0.15, 0.2) is 0 Å². The van der Waals surface area contributed by atoms with E-state index in [4.69, 9.17) is 32.8 Å². The SMILES string of the molecule is O=S(=O)(O)O.O=[N+]([O-])NO. The number of nitrogens with one attached hydrogen (secondary N) is 1. The molecule has 0 aliphatic heterocycles. The van der Waals surface area contributed by atoms with Crippen molar-refractivity contribution >= 4 is 10.4 Å². The number of hydrogen-bond donors (Lipinski definition) is 4. The van der Waals surface area contributed by atoms with Gasteiger partial charge in [0, 0.05) is 0 Å². The highest BCUT2D eigenvalue weighted by molar-refractivity contribution is 7.79. The number of rotatable bonds is 1. The summed E-state index contributed by atoms with van der Waals surface area (Å²) in [4.78, 5) is 8.81. The van der Waals surface area contributed by atoms with E-state index in [1.807, 2.05) is 0 Å². The fourth-order valence-electron chi connectivity index (χ4n) is 0. The van der Waals surface area contributed by atoms with Crippen molar-refractivity contribution in [2.75, 3.05) is 0 Å². The van der Waals surface area contributed by atoms with Gasteiger partial charge in [-0.15, -0.1) is 0 Å². The zero-order chi connectivity index (χ0) is 8.78. The summed E-state index contributed by atoms with van der Waals surface area (Å²) < 4.78 is 31.6. The molecule has 0 atom stereocenters. The number of hydrazine groups is 1. The van der Waals surface area contributed by atoms with Gasteiger partial charge in [0.2, 0.25) is 0 Å². The number of nitrogens with zero attached hydrogens (tertiary/aromatic N) is 1. The molecule has 0 fully saturated rings. The highest BCUT2D eigenvalue weighted by Crippen LogP contribution is 1.59. The molecule has 0 bridgehead atoms. The third kappa shape index (κ3) is 241. The molecule has 0 aromatic carbocycles. The second kappa shape index (κ2) is 4.87. The third-order valence-electron chi connectivity index (χ3n) is 0.0816. The first kappa shape index (κ1) is 11.8. The highest BCUT2D eigenvalue weighted by atomic mass is 32.3. The molecule has 0 aliphatic carbocycles. The van der Waals surface area contributed by atoms with E-state index in [1.54, 1.807) is 0 Å². The second-order valence-electron chi connectivity index (χ2n) is 0.805. The summed E-state index contributed by atoms with van der Waals surface area (Å²) in [6, 6.07) is 0. The Balaban J connectivity index is 0. The summed E-state index contributed by atoms with van der Waals surface area (Å²) in [7, 11) is -4.67. The molecule has 0 aliphatic rings. The van der Waals surface area contributed by atoms with Crippen LogP contribution in [0.25, 0.3) is 0 Å². The maximum Gasteiger partial charge on any atom is 0.394 e. The average Bonchev–Trinajstić information content (AvgIpc) is 1.61. The maximum atomic E-state index is 8.81. The Morgan fingerprint density at radius 2 is 1.50 bits per heavy atom. The Morgan fingerprint density at radius 1 is 1.40 bits per heavy atom. The van der Waals surface area contributed by atoms with Gasteiger partial charge in [0.15, 0.2) is 5.03 Å². The lowest BCUT2D eigenvalue weighted by Crippen LogP contribution is -2.14. The van der Waals surface area contributed by atoms with Crippen molar-refractivity contribution in [2.45, 2.75) is 0 Å². The minimum Gasteiger partial charge on any atom is -0.264 e. The lowest BCUT2D eigenvalue weighted by Gasteiger charge is -1.74. The fraction of sp³-hybridized carbons (Fsp3) is 0. The van der Waals surface area contributed by atoms with Crippen molar-refractivity contribution in [1.82, 2.24) is 5.59 Å². The largest absolute Gasteiger partial charge is 0.394 e. The van der Waals surface area contributed by atoms with Crippen LogP contribution in [0.2, 0.25) is 0 Å². The molecule has 62 valence electrons. The predicted octanol–water partition coefficient (Wildman–Crippen LogP) is -1.50. The van der Waals surface area contributed by atoms with Gasteiger partial charge in [-0.2, -0.15) is 8.42 Å². The minimum absolute atomic E-state index is 0.750. The van der Waals surface area contributed by atoms with Crippen LogP contribution in [-0.4, -0.2) is 27.8 Å². The fourth-order valence-corrected chi connectivity index (χ4v) is 0. The molecule has 0 unspecified atom stereocenters. The molecule has 0 radical (unpaired) electrons. The van der Waals surface area contributed by atoms with Crippen LogP contribution < -0.4 is 5.59 Å². The highest BCUT2D eigenvalue weighted by Gasteiger charge is 1.84. The molecule has 10 heavy (non-hydrogen) atoms. The Bertz CT molecular complexity index is 170. The van der Waals surface area contributed by atoms with Gasteiger partial charge in [0.1, 0.15) is 0 Å². The lowest BCUT2D eigenvalue weighted by molar-refractivity contribution is -0.600. The van der Waals surface area contributed by atoms with Crippen LogP contribution in [0.5, 0.6) is 0 Å². The summed E-state index contributed by atoms with van der Waals surface area (Å²) in [6.45, 7) is 0. The molecule has 10 heteroatoms. The van der Waals surface area contributed by atoms with E-state index in [9.17, 15) is 0 Å². The Kier molecular flexibility index (Phi) is 5.73. The molecule has 0 saturated carbocycles. The Labute approximate surface area is 54.9 Å². The molecule has 0 spiro atoms. The van der Waals surface area contributed by atoms with Crippen molar-refractivity contribution in [1.29, 1.82) is 0 Å². The number of hydrogen-bond acceptors (Lipinski definition) is 5. The Morgan fingerprint density at radius 3 is 1.50 bits per heavy atom. The van der Waals surface area contributed by atoms with Crippen LogP contribution in [0, 0.1) is 10.1 Å². The molecule has 0 aromatic heterocycles. The number of nitro groups is 1. The second-order valence-corrected chi connectivity index (χ2v) is 1.70. The van der Waals surface area contributed by atoms with Crippen LogP contribution in [0.3, 0.4) is 0 Å². The van der Waals surface area contributed by atoms with Gasteiger partial charge < -0.3 is 0 Å². The summed E-state index contributed by atoms with van der Waals surface area (Å²) in [5.74, 6) is 0. The van der Waals surface area contributed by atoms with Gasteiger partial charge in [-0.1, -0.05) is 0 Å². The lowest BCUT2D eigenvalue weighted by atomic mass is 12.6. The van der Waals surface area contributed by atoms with Crippen molar-refractivity contribution in [3.8, 4) is 0 Å². The summed E-state index contributed by atoms with van der Waals surface area (Å²) in [5.41, 5.74) is 0.750. The zero-order valence-corrected chi connectivity index (χ0v) is 5.15. The maximum absolute atomic E-state index is 8.81. The molecular weight excluding hydrogens is 172 g/mol. The molecular formula is H4N2O7S. The van der Waals surface area contributed by atoms with E-state index in [0.717, 1.165) is 5.59 Å². The van der Waals surface area contributed by atoms with Gasteiger partial charge in [-0.05, 0) is 5.59 Å². The van der Waals surface area contributed by atoms with Crippen LogP contribution in [0.1, 0.15) is 0 Å². The minimum atomic E-state index is -4.67. The van der Waals surface area contributed by atoms with Crippen molar-refractivity contribution in [2.24, 2.45) is 0 Å². The van der Waals surface area contributed by atoms with Crippen molar-refractivity contribution < 1.29 is 27.8 Å². The first-order valence-electron chi connectivity index (χ1n) is 1.51. The van der Waals surface area contributed by atoms with E-state index in [1.165, 1.54) is 0 Å². The van der Waals surface area contributed by atoms with E-state index in [-0.39, 0.29) is 0 Å². The van der Waals surface area contributed by atoms with E-state index >= 15 is 0 Å². The quantitative estimate of drug-likeness (QED) is 0.214. The molecule has 0 amide bonds. The van der Waals surface area contributed by atoms with E-state index in [0.29, 0.717) is 0 Å². The summed E-state index contributed by atoms with van der Waals surface area (Å²) >= 11 is 0. The van der Waals surface area contributed by atoms with E-state index in [2.05, 4.69) is 0 Å². The normalized spacial score (nSPS) is 9.10. The van der Waals surface area contributed by atoms with Gasteiger partial charge in [-0.3, -0.25) is 9.11 Å². The Hall–Kier alpha value is -0.970. The van der Waals surface area contributed by atoms with Gasteiger partial charge in [0.05, 0.1) is 0 Å². The molecule has 0 saturated heterocycles. The van der Waals surface area contributed by atoms with Crippen LogP contribution in [-0.2, 0) is 10.4 Å². The van der Waals surface area contributed by atoms with Crippen molar-refractivity contribution in [3.63, 3.8) is 0 Å². The molecule has 0 rings (SSSR count). The van der Waals surface area contributed by atoms with Crippen LogP contribution >= 0.6 is 0 Å².